The summed E-state index contributed by atoms with van der Waals surface area (Å²) in [5, 5.41) is 9.03. The molecular weight excluding hydrogens is 381 g/mol. The number of halogens is 2. The average molecular weight is 394 g/mol. The summed E-state index contributed by atoms with van der Waals surface area (Å²) >= 11 is 4.36. The number of aliphatic hydroxyl groups is 1. The van der Waals surface area contributed by atoms with E-state index in [0.717, 1.165) is 5.56 Å². The summed E-state index contributed by atoms with van der Waals surface area (Å²) in [6.07, 6.45) is 0.466. The molecule has 0 unspecified atom stereocenters. The Morgan fingerprint density at radius 1 is 1.29 bits per heavy atom. The number of sulfonamides is 1. The van der Waals surface area contributed by atoms with Gasteiger partial charge in [0, 0.05) is 11.4 Å². The monoisotopic (exact) mass is 393 g/mol. The van der Waals surface area contributed by atoms with Crippen molar-refractivity contribution in [3.63, 3.8) is 0 Å². The molecule has 2 rings (SSSR count). The average Bonchev–Trinajstić information content (AvgIpc) is 2.83. The van der Waals surface area contributed by atoms with E-state index in [-0.39, 0.29) is 23.9 Å². The summed E-state index contributed by atoms with van der Waals surface area (Å²) in [5.74, 6) is -0.321. The van der Waals surface area contributed by atoms with Gasteiger partial charge in [0.2, 0.25) is 10.0 Å². The van der Waals surface area contributed by atoms with Gasteiger partial charge in [-0.1, -0.05) is 12.1 Å². The molecule has 0 fully saturated rings. The van der Waals surface area contributed by atoms with Gasteiger partial charge in [-0.25, -0.2) is 17.5 Å². The summed E-state index contributed by atoms with van der Waals surface area (Å²) < 4.78 is 40.0. The predicted molar refractivity (Wildman–Crippen MR) is 83.2 cm³/mol. The van der Waals surface area contributed by atoms with E-state index in [4.69, 9.17) is 5.11 Å². The van der Waals surface area contributed by atoms with Crippen molar-refractivity contribution in [1.29, 1.82) is 0 Å². The largest absolute Gasteiger partial charge is 0.391 e. The van der Waals surface area contributed by atoms with Crippen LogP contribution in [0.15, 0.2) is 39.0 Å². The first-order chi connectivity index (χ1) is 9.92. The van der Waals surface area contributed by atoms with Crippen LogP contribution in [0.3, 0.4) is 0 Å². The number of thiophene rings is 1. The van der Waals surface area contributed by atoms with Crippen LogP contribution in [-0.4, -0.2) is 20.1 Å². The molecule has 2 N–H and O–H groups in total. The highest BCUT2D eigenvalue weighted by atomic mass is 79.9. The summed E-state index contributed by atoms with van der Waals surface area (Å²) in [6, 6.07) is 7.36. The van der Waals surface area contributed by atoms with Gasteiger partial charge in [-0.2, -0.15) is 0 Å². The highest BCUT2D eigenvalue weighted by Gasteiger charge is 2.20. The van der Waals surface area contributed by atoms with E-state index in [1.54, 1.807) is 12.1 Å². The van der Waals surface area contributed by atoms with Crippen LogP contribution in [0.5, 0.6) is 0 Å². The lowest BCUT2D eigenvalue weighted by atomic mass is 10.1. The molecule has 0 atom stereocenters. The molecule has 1 aromatic heterocycles. The van der Waals surface area contributed by atoms with E-state index >= 15 is 0 Å². The molecule has 0 radical (unpaired) electrons. The van der Waals surface area contributed by atoms with Crippen molar-refractivity contribution < 1.29 is 17.9 Å². The van der Waals surface area contributed by atoms with Crippen molar-refractivity contribution in [2.75, 3.05) is 6.54 Å². The minimum Gasteiger partial charge on any atom is -0.391 e. The van der Waals surface area contributed by atoms with Crippen LogP contribution < -0.4 is 4.72 Å². The summed E-state index contributed by atoms with van der Waals surface area (Å²) in [4.78, 5) is 0.691. The highest BCUT2D eigenvalue weighted by Crippen LogP contribution is 2.31. The molecule has 1 heterocycles. The maximum absolute atomic E-state index is 12.8. The molecule has 4 nitrogen and oxygen atoms in total. The summed E-state index contributed by atoms with van der Waals surface area (Å²) in [6.45, 7) is 0.0130. The van der Waals surface area contributed by atoms with Gasteiger partial charge >= 0.3 is 0 Å². The zero-order valence-electron chi connectivity index (χ0n) is 10.8. The lowest BCUT2D eigenvalue weighted by Gasteiger charge is -2.06. The fraction of sp³-hybridized carbons (Fsp3) is 0.231. The van der Waals surface area contributed by atoms with Crippen LogP contribution in [0, 0.1) is 5.82 Å². The molecule has 0 saturated heterocycles. The van der Waals surface area contributed by atoms with Crippen LogP contribution in [0.1, 0.15) is 10.4 Å². The Labute approximate surface area is 134 Å². The predicted octanol–water partition coefficient (Wildman–Crippen LogP) is 2.66. The Hall–Kier alpha value is -0.800. The molecule has 0 aliphatic heterocycles. The first kappa shape index (κ1) is 16.6. The van der Waals surface area contributed by atoms with Gasteiger partial charge in [-0.05, 0) is 46.1 Å². The SMILES string of the molecule is O=S(=O)(NCCc1ccc(F)cc1)c1cc(CO)sc1Br. The normalized spacial score (nSPS) is 11.8. The minimum absolute atomic E-state index is 0.121. The molecule has 0 bridgehead atoms. The quantitative estimate of drug-likeness (QED) is 0.792. The van der Waals surface area contributed by atoms with Crippen molar-refractivity contribution in [3.05, 3.63) is 50.4 Å². The number of benzene rings is 1. The smallest absolute Gasteiger partial charge is 0.242 e. The van der Waals surface area contributed by atoms with Gasteiger partial charge < -0.3 is 5.11 Å². The fourth-order valence-electron chi connectivity index (χ4n) is 1.72. The van der Waals surface area contributed by atoms with E-state index < -0.39 is 10.0 Å². The third-order valence-electron chi connectivity index (χ3n) is 2.77. The molecule has 21 heavy (non-hydrogen) atoms. The van der Waals surface area contributed by atoms with Crippen LogP contribution in [-0.2, 0) is 23.1 Å². The molecule has 0 saturated carbocycles. The van der Waals surface area contributed by atoms with Crippen molar-refractivity contribution in [2.45, 2.75) is 17.9 Å². The standard InChI is InChI=1S/C13H13BrFNO3S2/c14-13-12(7-11(8-17)20-13)21(18,19)16-6-5-9-1-3-10(15)4-2-9/h1-4,7,16-17H,5-6,8H2. The highest BCUT2D eigenvalue weighted by molar-refractivity contribution is 9.11. The zero-order valence-corrected chi connectivity index (χ0v) is 14.1. The second kappa shape index (κ2) is 6.97. The van der Waals surface area contributed by atoms with Crippen LogP contribution in [0.2, 0.25) is 0 Å². The van der Waals surface area contributed by atoms with Crippen molar-refractivity contribution in [1.82, 2.24) is 4.72 Å². The molecule has 0 aliphatic rings. The van der Waals surface area contributed by atoms with E-state index in [2.05, 4.69) is 20.7 Å². The molecule has 1 aromatic carbocycles. The Morgan fingerprint density at radius 2 is 1.95 bits per heavy atom. The first-order valence-corrected chi connectivity index (χ1v) is 9.15. The third-order valence-corrected chi connectivity index (χ3v) is 6.47. The second-order valence-corrected chi connectivity index (χ2v) is 8.47. The molecule has 0 aliphatic carbocycles. The van der Waals surface area contributed by atoms with E-state index in [1.807, 2.05) is 0 Å². The molecule has 2 aromatic rings. The lowest BCUT2D eigenvalue weighted by molar-refractivity contribution is 0.285. The van der Waals surface area contributed by atoms with Crippen LogP contribution >= 0.6 is 27.3 Å². The number of aliphatic hydroxyl groups excluding tert-OH is 1. The maximum Gasteiger partial charge on any atom is 0.242 e. The maximum atomic E-state index is 12.8. The molecule has 8 heteroatoms. The Kier molecular flexibility index (Phi) is 5.50. The molecular formula is C13H13BrFNO3S2. The fourth-order valence-corrected chi connectivity index (χ4v) is 5.29. The number of rotatable bonds is 6. The van der Waals surface area contributed by atoms with Gasteiger partial charge in [0.25, 0.3) is 0 Å². The minimum atomic E-state index is -3.63. The lowest BCUT2D eigenvalue weighted by Crippen LogP contribution is -2.25. The Morgan fingerprint density at radius 3 is 2.52 bits per heavy atom. The van der Waals surface area contributed by atoms with Gasteiger partial charge in [0.1, 0.15) is 10.7 Å². The zero-order chi connectivity index (χ0) is 15.5. The Balaban J connectivity index is 2.01. The van der Waals surface area contributed by atoms with Gasteiger partial charge in [0.05, 0.1) is 10.4 Å². The number of nitrogens with one attached hydrogen (secondary N) is 1. The first-order valence-electron chi connectivity index (χ1n) is 6.05. The van der Waals surface area contributed by atoms with E-state index in [0.29, 0.717) is 15.1 Å². The van der Waals surface area contributed by atoms with Crippen molar-refractivity contribution in [3.8, 4) is 0 Å². The van der Waals surface area contributed by atoms with Crippen LogP contribution in [0.4, 0.5) is 4.39 Å². The van der Waals surface area contributed by atoms with Gasteiger partial charge in [-0.3, -0.25) is 0 Å². The van der Waals surface area contributed by atoms with Gasteiger partial charge in [0.15, 0.2) is 0 Å². The molecule has 0 spiro atoms. The van der Waals surface area contributed by atoms with Gasteiger partial charge in [-0.15, -0.1) is 11.3 Å². The topological polar surface area (TPSA) is 66.4 Å². The molecule has 0 amide bonds. The second-order valence-electron chi connectivity index (χ2n) is 4.28. The summed E-state index contributed by atoms with van der Waals surface area (Å²) in [5.41, 5.74) is 0.847. The van der Waals surface area contributed by atoms with Crippen LogP contribution in [0.25, 0.3) is 0 Å². The van der Waals surface area contributed by atoms with Crippen molar-refractivity contribution in [2.24, 2.45) is 0 Å². The Bertz CT molecular complexity index is 714. The number of hydrogen-bond donors (Lipinski definition) is 2. The molecule has 114 valence electrons. The van der Waals surface area contributed by atoms with Crippen molar-refractivity contribution >= 4 is 37.3 Å². The third kappa shape index (κ3) is 4.33. The van der Waals surface area contributed by atoms with E-state index in [1.165, 1.54) is 29.5 Å². The number of hydrogen-bond acceptors (Lipinski definition) is 4. The summed E-state index contributed by atoms with van der Waals surface area (Å²) in [7, 11) is -3.63. The van der Waals surface area contributed by atoms with E-state index in [9.17, 15) is 12.8 Å².